The van der Waals surface area contributed by atoms with Crippen molar-refractivity contribution in [3.8, 4) is 0 Å². The third kappa shape index (κ3) is 3.54. The average Bonchev–Trinajstić information content (AvgIpc) is 2.95. The predicted octanol–water partition coefficient (Wildman–Crippen LogP) is 3.10. The number of nitrogens with one attached hydrogen (secondary N) is 1. The lowest BCUT2D eigenvalue weighted by Crippen LogP contribution is -2.35. The summed E-state index contributed by atoms with van der Waals surface area (Å²) in [5, 5.41) is 15.5. The Balaban J connectivity index is 2.14. The number of thiazole rings is 1. The summed E-state index contributed by atoms with van der Waals surface area (Å²) < 4.78 is 0. The number of rotatable bonds is 4. The molecule has 1 aromatic heterocycles. The molecule has 1 aliphatic rings. The first-order valence-corrected chi connectivity index (χ1v) is 7.70. The monoisotopic (exact) mass is 282 g/mol. The van der Waals surface area contributed by atoms with Gasteiger partial charge >= 0.3 is 5.97 Å². The van der Waals surface area contributed by atoms with Crippen molar-refractivity contribution >= 4 is 17.3 Å². The summed E-state index contributed by atoms with van der Waals surface area (Å²) in [7, 11) is 0. The first-order valence-electron chi connectivity index (χ1n) is 6.82. The van der Waals surface area contributed by atoms with E-state index in [9.17, 15) is 9.90 Å². The second kappa shape index (κ2) is 5.59. The molecule has 0 amide bonds. The number of aromatic nitrogens is 1. The van der Waals surface area contributed by atoms with Gasteiger partial charge in [-0.1, -0.05) is 33.6 Å². The highest BCUT2D eigenvalue weighted by Gasteiger charge is 2.28. The maximum Gasteiger partial charge on any atom is 0.327 e. The number of carbonyl (C=O) groups is 1. The fourth-order valence-electron chi connectivity index (χ4n) is 2.37. The first kappa shape index (κ1) is 14.5. The summed E-state index contributed by atoms with van der Waals surface area (Å²) >= 11 is 1.55. The molecule has 1 aliphatic carbocycles. The maximum absolute atomic E-state index is 11.4. The van der Waals surface area contributed by atoms with Crippen LogP contribution in [0, 0.1) is 0 Å². The molecule has 1 aromatic rings. The molecule has 1 atom stereocenters. The van der Waals surface area contributed by atoms with Crippen LogP contribution in [0.2, 0.25) is 0 Å². The molecule has 0 spiro atoms. The molecule has 0 bridgehead atoms. The summed E-state index contributed by atoms with van der Waals surface area (Å²) in [6.45, 7) is 6.28. The van der Waals surface area contributed by atoms with Crippen molar-refractivity contribution in [2.75, 3.05) is 0 Å². The molecule has 2 N–H and O–H groups in total. The van der Waals surface area contributed by atoms with Crippen molar-refractivity contribution < 1.29 is 9.90 Å². The minimum Gasteiger partial charge on any atom is -0.480 e. The molecule has 1 unspecified atom stereocenters. The van der Waals surface area contributed by atoms with E-state index in [1.165, 1.54) is 12.8 Å². The summed E-state index contributed by atoms with van der Waals surface area (Å²) in [6, 6.07) is -0.351. The molecule has 1 heterocycles. The van der Waals surface area contributed by atoms with Crippen LogP contribution in [0.1, 0.15) is 63.2 Å². The zero-order valence-corrected chi connectivity index (χ0v) is 12.6. The van der Waals surface area contributed by atoms with Gasteiger partial charge in [0.2, 0.25) is 0 Å². The van der Waals surface area contributed by atoms with Crippen LogP contribution in [0.3, 0.4) is 0 Å². The Morgan fingerprint density at radius 1 is 1.47 bits per heavy atom. The molecule has 5 heteroatoms. The van der Waals surface area contributed by atoms with E-state index < -0.39 is 12.0 Å². The van der Waals surface area contributed by atoms with Crippen LogP contribution < -0.4 is 5.32 Å². The quantitative estimate of drug-likeness (QED) is 0.890. The van der Waals surface area contributed by atoms with E-state index in [0.29, 0.717) is 11.7 Å². The Kier molecular flexibility index (Phi) is 4.26. The lowest BCUT2D eigenvalue weighted by atomic mass is 9.98. The second-order valence-electron chi connectivity index (χ2n) is 6.25. The van der Waals surface area contributed by atoms with Gasteiger partial charge in [0.25, 0.3) is 0 Å². The number of nitrogens with zero attached hydrogens (tertiary/aromatic N) is 1. The number of carboxylic acid groups (broad SMARTS) is 1. The van der Waals surface area contributed by atoms with E-state index >= 15 is 0 Å². The molecule has 1 saturated carbocycles. The molecular formula is C14H22N2O2S. The van der Waals surface area contributed by atoms with E-state index in [0.717, 1.165) is 17.8 Å². The van der Waals surface area contributed by atoms with E-state index in [4.69, 9.17) is 0 Å². The van der Waals surface area contributed by atoms with Crippen LogP contribution in [-0.4, -0.2) is 22.1 Å². The lowest BCUT2D eigenvalue weighted by Gasteiger charge is -2.18. The van der Waals surface area contributed by atoms with Crippen molar-refractivity contribution in [3.05, 3.63) is 16.1 Å². The number of carboxylic acids is 1. The molecule has 0 saturated heterocycles. The van der Waals surface area contributed by atoms with Crippen molar-refractivity contribution in [2.24, 2.45) is 0 Å². The van der Waals surface area contributed by atoms with Crippen LogP contribution in [0.4, 0.5) is 0 Å². The number of hydrogen-bond donors (Lipinski definition) is 2. The van der Waals surface area contributed by atoms with Gasteiger partial charge in [-0.25, -0.2) is 4.98 Å². The van der Waals surface area contributed by atoms with E-state index in [2.05, 4.69) is 31.1 Å². The van der Waals surface area contributed by atoms with Crippen LogP contribution in [0.25, 0.3) is 0 Å². The Morgan fingerprint density at radius 3 is 2.58 bits per heavy atom. The summed E-state index contributed by atoms with van der Waals surface area (Å²) in [4.78, 5) is 16.0. The zero-order valence-electron chi connectivity index (χ0n) is 11.8. The Labute approximate surface area is 118 Å². The van der Waals surface area contributed by atoms with Crippen molar-refractivity contribution in [3.63, 3.8) is 0 Å². The van der Waals surface area contributed by atoms with Gasteiger partial charge in [0.1, 0.15) is 6.04 Å². The topological polar surface area (TPSA) is 62.2 Å². The van der Waals surface area contributed by atoms with E-state index in [1.807, 2.05) is 5.38 Å². The van der Waals surface area contributed by atoms with Crippen molar-refractivity contribution in [2.45, 2.75) is 64.0 Å². The van der Waals surface area contributed by atoms with E-state index in [-0.39, 0.29) is 5.41 Å². The van der Waals surface area contributed by atoms with Gasteiger partial charge in [-0.05, 0) is 12.8 Å². The van der Waals surface area contributed by atoms with Gasteiger partial charge in [-0.15, -0.1) is 11.3 Å². The molecule has 0 radical (unpaired) electrons. The van der Waals surface area contributed by atoms with Crippen LogP contribution in [-0.2, 0) is 10.2 Å². The van der Waals surface area contributed by atoms with Crippen LogP contribution in [0.15, 0.2) is 5.38 Å². The number of hydrogen-bond acceptors (Lipinski definition) is 4. The summed E-state index contributed by atoms with van der Waals surface area (Å²) in [6.07, 6.45) is 4.52. The largest absolute Gasteiger partial charge is 0.480 e. The van der Waals surface area contributed by atoms with Gasteiger partial charge < -0.3 is 5.11 Å². The lowest BCUT2D eigenvalue weighted by molar-refractivity contribution is -0.140. The Morgan fingerprint density at radius 2 is 2.11 bits per heavy atom. The van der Waals surface area contributed by atoms with Crippen molar-refractivity contribution in [1.29, 1.82) is 0 Å². The second-order valence-corrected chi connectivity index (χ2v) is 7.10. The van der Waals surface area contributed by atoms with Gasteiger partial charge in [-0.2, -0.15) is 0 Å². The number of aliphatic carboxylic acids is 1. The fourth-order valence-corrected chi connectivity index (χ4v) is 3.31. The third-order valence-electron chi connectivity index (χ3n) is 3.46. The van der Waals surface area contributed by atoms with Crippen LogP contribution >= 0.6 is 11.3 Å². The highest BCUT2D eigenvalue weighted by molar-refractivity contribution is 7.09. The Bertz CT molecular complexity index is 445. The van der Waals surface area contributed by atoms with Gasteiger partial charge in [0.15, 0.2) is 0 Å². The average molecular weight is 282 g/mol. The SMILES string of the molecule is CC(C)(C)c1nc(C(NC2CCCC2)C(=O)O)cs1. The summed E-state index contributed by atoms with van der Waals surface area (Å²) in [5.74, 6) is -0.836. The van der Waals surface area contributed by atoms with Gasteiger partial charge in [0, 0.05) is 16.8 Å². The normalized spacial score (nSPS) is 18.7. The third-order valence-corrected chi connectivity index (χ3v) is 4.75. The highest BCUT2D eigenvalue weighted by Crippen LogP contribution is 2.29. The summed E-state index contributed by atoms with van der Waals surface area (Å²) in [5.41, 5.74) is 0.619. The molecule has 106 valence electrons. The highest BCUT2D eigenvalue weighted by atomic mass is 32.1. The van der Waals surface area contributed by atoms with E-state index in [1.54, 1.807) is 11.3 Å². The van der Waals surface area contributed by atoms with Gasteiger partial charge in [-0.3, -0.25) is 10.1 Å². The molecule has 2 rings (SSSR count). The maximum atomic E-state index is 11.4. The zero-order chi connectivity index (χ0) is 14.0. The minimum absolute atomic E-state index is 0.0284. The minimum atomic E-state index is -0.836. The van der Waals surface area contributed by atoms with Crippen LogP contribution in [0.5, 0.6) is 0 Å². The first-order chi connectivity index (χ1) is 8.88. The molecule has 1 fully saturated rings. The van der Waals surface area contributed by atoms with Crippen molar-refractivity contribution in [1.82, 2.24) is 10.3 Å². The molecular weight excluding hydrogens is 260 g/mol. The predicted molar refractivity (Wildman–Crippen MR) is 76.6 cm³/mol. The van der Waals surface area contributed by atoms with Gasteiger partial charge in [0.05, 0.1) is 10.7 Å². The Hall–Kier alpha value is -0.940. The molecule has 4 nitrogen and oxygen atoms in total. The molecule has 19 heavy (non-hydrogen) atoms. The fraction of sp³-hybridized carbons (Fsp3) is 0.714. The smallest absolute Gasteiger partial charge is 0.327 e. The standard InChI is InChI=1S/C14H22N2O2S/c1-14(2,3)13-16-10(8-19-13)11(12(17)18)15-9-6-4-5-7-9/h8-9,11,15H,4-7H2,1-3H3,(H,17,18). The molecule has 0 aliphatic heterocycles. The molecule has 0 aromatic carbocycles.